The van der Waals surface area contributed by atoms with Crippen molar-refractivity contribution in [3.63, 3.8) is 0 Å². The Balaban J connectivity index is 2.01. The van der Waals surface area contributed by atoms with Gasteiger partial charge in [0.15, 0.2) is 5.65 Å². The SMILES string of the molecule is Cc1cn2cc(C)nc2c(CC2CCOC2)n1. The summed E-state index contributed by atoms with van der Waals surface area (Å²) in [5.74, 6) is 0.602. The fourth-order valence-electron chi connectivity index (χ4n) is 2.48. The summed E-state index contributed by atoms with van der Waals surface area (Å²) in [6.07, 6.45) is 6.20. The maximum absolute atomic E-state index is 5.42. The Bertz CT molecular complexity index is 541. The fraction of sp³-hybridized carbons (Fsp3) is 0.538. The minimum Gasteiger partial charge on any atom is -0.381 e. The molecule has 0 bridgehead atoms. The largest absolute Gasteiger partial charge is 0.381 e. The Kier molecular flexibility index (Phi) is 2.59. The highest BCUT2D eigenvalue weighted by molar-refractivity contribution is 5.46. The number of hydrogen-bond donors (Lipinski definition) is 0. The molecule has 2 aromatic rings. The average Bonchev–Trinajstić information content (AvgIpc) is 2.86. The van der Waals surface area contributed by atoms with E-state index in [2.05, 4.69) is 20.6 Å². The Labute approximate surface area is 101 Å². The zero-order chi connectivity index (χ0) is 11.8. The quantitative estimate of drug-likeness (QED) is 0.792. The molecule has 0 aromatic carbocycles. The number of imidazole rings is 1. The molecule has 3 rings (SSSR count). The highest BCUT2D eigenvalue weighted by Crippen LogP contribution is 2.20. The number of aromatic nitrogens is 3. The molecule has 2 aromatic heterocycles. The van der Waals surface area contributed by atoms with Crippen molar-refractivity contribution in [2.75, 3.05) is 13.2 Å². The maximum atomic E-state index is 5.42. The van der Waals surface area contributed by atoms with E-state index in [9.17, 15) is 0 Å². The molecule has 1 atom stereocenters. The minimum absolute atomic E-state index is 0.602. The van der Waals surface area contributed by atoms with E-state index < -0.39 is 0 Å². The highest BCUT2D eigenvalue weighted by atomic mass is 16.5. The van der Waals surface area contributed by atoms with Crippen LogP contribution in [0.2, 0.25) is 0 Å². The second-order valence-electron chi connectivity index (χ2n) is 4.88. The maximum Gasteiger partial charge on any atom is 0.158 e. The van der Waals surface area contributed by atoms with Crippen LogP contribution < -0.4 is 0 Å². The van der Waals surface area contributed by atoms with Gasteiger partial charge in [0.1, 0.15) is 0 Å². The molecule has 17 heavy (non-hydrogen) atoms. The van der Waals surface area contributed by atoms with Gasteiger partial charge < -0.3 is 9.14 Å². The van der Waals surface area contributed by atoms with Gasteiger partial charge in [-0.1, -0.05) is 0 Å². The van der Waals surface area contributed by atoms with Crippen LogP contribution in [0.3, 0.4) is 0 Å². The molecule has 0 aliphatic carbocycles. The molecule has 0 N–H and O–H groups in total. The van der Waals surface area contributed by atoms with Gasteiger partial charge in [-0.15, -0.1) is 0 Å². The first-order valence-corrected chi connectivity index (χ1v) is 6.12. The summed E-state index contributed by atoms with van der Waals surface area (Å²) in [6, 6.07) is 0. The van der Waals surface area contributed by atoms with Gasteiger partial charge in [-0.05, 0) is 32.6 Å². The Morgan fingerprint density at radius 2 is 2.06 bits per heavy atom. The lowest BCUT2D eigenvalue weighted by Crippen LogP contribution is -2.08. The lowest BCUT2D eigenvalue weighted by Gasteiger charge is -2.08. The van der Waals surface area contributed by atoms with Crippen LogP contribution in [0, 0.1) is 19.8 Å². The number of nitrogens with zero attached hydrogens (tertiary/aromatic N) is 3. The third-order valence-electron chi connectivity index (χ3n) is 3.25. The summed E-state index contributed by atoms with van der Waals surface area (Å²) in [5.41, 5.74) is 4.19. The zero-order valence-corrected chi connectivity index (χ0v) is 10.3. The third kappa shape index (κ3) is 2.05. The summed E-state index contributed by atoms with van der Waals surface area (Å²) in [4.78, 5) is 9.20. The van der Waals surface area contributed by atoms with Crippen molar-refractivity contribution in [3.05, 3.63) is 29.5 Å². The molecule has 1 saturated heterocycles. The van der Waals surface area contributed by atoms with Gasteiger partial charge in [0, 0.05) is 25.6 Å². The molecule has 1 aliphatic rings. The van der Waals surface area contributed by atoms with Crippen molar-refractivity contribution in [2.24, 2.45) is 5.92 Å². The standard InChI is InChI=1S/C13H17N3O/c1-9-6-16-7-10(2)15-13(16)12(14-9)5-11-3-4-17-8-11/h6-7,11H,3-5,8H2,1-2H3. The molecule has 4 nitrogen and oxygen atoms in total. The van der Waals surface area contributed by atoms with Crippen molar-refractivity contribution in [3.8, 4) is 0 Å². The minimum atomic E-state index is 0.602. The third-order valence-corrected chi connectivity index (χ3v) is 3.25. The van der Waals surface area contributed by atoms with Crippen molar-refractivity contribution in [2.45, 2.75) is 26.7 Å². The Morgan fingerprint density at radius 1 is 1.29 bits per heavy atom. The Hall–Kier alpha value is -1.42. The fourth-order valence-corrected chi connectivity index (χ4v) is 2.48. The molecule has 0 saturated carbocycles. The van der Waals surface area contributed by atoms with E-state index >= 15 is 0 Å². The van der Waals surface area contributed by atoms with Crippen LogP contribution in [-0.2, 0) is 11.2 Å². The molecule has 1 fully saturated rings. The van der Waals surface area contributed by atoms with Gasteiger partial charge >= 0.3 is 0 Å². The van der Waals surface area contributed by atoms with E-state index in [1.165, 1.54) is 0 Å². The van der Waals surface area contributed by atoms with Crippen LogP contribution in [0.4, 0.5) is 0 Å². The summed E-state index contributed by atoms with van der Waals surface area (Å²) in [5, 5.41) is 0. The van der Waals surface area contributed by atoms with E-state index in [1.54, 1.807) is 0 Å². The molecular formula is C13H17N3O. The summed E-state index contributed by atoms with van der Waals surface area (Å²) in [6.45, 7) is 5.80. The average molecular weight is 231 g/mol. The zero-order valence-electron chi connectivity index (χ0n) is 10.3. The van der Waals surface area contributed by atoms with Gasteiger partial charge in [0.2, 0.25) is 0 Å². The first kappa shape index (κ1) is 10.7. The van der Waals surface area contributed by atoms with E-state index in [1.807, 2.05) is 20.0 Å². The second-order valence-corrected chi connectivity index (χ2v) is 4.88. The van der Waals surface area contributed by atoms with Crippen molar-refractivity contribution in [1.82, 2.24) is 14.4 Å². The number of aryl methyl sites for hydroxylation is 2. The van der Waals surface area contributed by atoms with Crippen LogP contribution >= 0.6 is 0 Å². The lowest BCUT2D eigenvalue weighted by molar-refractivity contribution is 0.185. The molecule has 1 unspecified atom stereocenters. The smallest absolute Gasteiger partial charge is 0.158 e. The predicted octanol–water partition coefficient (Wildman–Crippen LogP) is 1.93. The van der Waals surface area contributed by atoms with E-state index in [4.69, 9.17) is 4.74 Å². The van der Waals surface area contributed by atoms with Gasteiger partial charge in [0.05, 0.1) is 17.1 Å². The van der Waals surface area contributed by atoms with Gasteiger partial charge in [-0.2, -0.15) is 0 Å². The number of ether oxygens (including phenoxy) is 1. The van der Waals surface area contributed by atoms with E-state index in [-0.39, 0.29) is 0 Å². The highest BCUT2D eigenvalue weighted by Gasteiger charge is 2.19. The van der Waals surface area contributed by atoms with Crippen molar-refractivity contribution in [1.29, 1.82) is 0 Å². The molecule has 3 heterocycles. The monoisotopic (exact) mass is 231 g/mol. The normalized spacial score (nSPS) is 20.2. The summed E-state index contributed by atoms with van der Waals surface area (Å²) < 4.78 is 7.51. The molecule has 90 valence electrons. The first-order valence-electron chi connectivity index (χ1n) is 6.12. The van der Waals surface area contributed by atoms with Crippen LogP contribution in [0.5, 0.6) is 0 Å². The number of rotatable bonds is 2. The van der Waals surface area contributed by atoms with Crippen molar-refractivity contribution >= 4 is 5.65 Å². The topological polar surface area (TPSA) is 39.4 Å². The summed E-state index contributed by atoms with van der Waals surface area (Å²) in [7, 11) is 0. The van der Waals surface area contributed by atoms with Crippen LogP contribution in [0.25, 0.3) is 5.65 Å². The van der Waals surface area contributed by atoms with Gasteiger partial charge in [0.25, 0.3) is 0 Å². The predicted molar refractivity (Wildman–Crippen MR) is 65.1 cm³/mol. The molecule has 0 radical (unpaired) electrons. The van der Waals surface area contributed by atoms with Crippen LogP contribution in [-0.4, -0.2) is 27.6 Å². The van der Waals surface area contributed by atoms with E-state index in [0.29, 0.717) is 5.92 Å². The molecule has 0 spiro atoms. The molecule has 1 aliphatic heterocycles. The van der Waals surface area contributed by atoms with Crippen LogP contribution in [0.15, 0.2) is 12.4 Å². The van der Waals surface area contributed by atoms with E-state index in [0.717, 1.165) is 48.8 Å². The molecular weight excluding hydrogens is 214 g/mol. The molecule has 0 amide bonds. The first-order chi connectivity index (χ1) is 8.22. The summed E-state index contributed by atoms with van der Waals surface area (Å²) >= 11 is 0. The van der Waals surface area contributed by atoms with Gasteiger partial charge in [-0.3, -0.25) is 4.98 Å². The molecule has 4 heteroatoms. The second kappa shape index (κ2) is 4.11. The number of hydrogen-bond acceptors (Lipinski definition) is 3. The number of fused-ring (bicyclic) bond motifs is 1. The van der Waals surface area contributed by atoms with Crippen molar-refractivity contribution < 1.29 is 4.74 Å². The Morgan fingerprint density at radius 3 is 2.76 bits per heavy atom. The lowest BCUT2D eigenvalue weighted by atomic mass is 10.0. The van der Waals surface area contributed by atoms with Crippen LogP contribution in [0.1, 0.15) is 23.5 Å². The van der Waals surface area contributed by atoms with Gasteiger partial charge in [-0.25, -0.2) is 4.98 Å².